The molecule has 574 valence electrons. The fraction of sp³-hybridized carbons (Fsp3) is 0.147. The van der Waals surface area contributed by atoms with Crippen molar-refractivity contribution in [1.82, 2.24) is 94.6 Å². The summed E-state index contributed by atoms with van der Waals surface area (Å²) < 4.78 is 84.2. The Bertz CT molecular complexity index is 5740. The maximum atomic E-state index is 12.6. The number of nitrogens with zero attached hydrogens (tertiary/aromatic N) is 19. The number of hydrogen-bond donors (Lipinski definition) is 5. The summed E-state index contributed by atoms with van der Waals surface area (Å²) >= 11 is 6.29. The molecule has 0 aliphatic carbocycles. The monoisotopic (exact) mass is 1590 g/mol. The van der Waals surface area contributed by atoms with E-state index in [-0.39, 0.29) is 57.6 Å². The van der Waals surface area contributed by atoms with Gasteiger partial charge in [0.25, 0.3) is 33.5 Å². The third-order valence-electron chi connectivity index (χ3n) is 15.1. The van der Waals surface area contributed by atoms with Crippen molar-refractivity contribution in [3.63, 3.8) is 0 Å². The van der Waals surface area contributed by atoms with Crippen LogP contribution in [0.15, 0.2) is 217 Å². The van der Waals surface area contributed by atoms with Crippen LogP contribution in [0, 0.1) is 27.7 Å². The lowest BCUT2D eigenvalue weighted by molar-refractivity contribution is -0.0436. The quantitative estimate of drug-likeness (QED) is 0.0473. The van der Waals surface area contributed by atoms with Crippen LogP contribution in [-0.4, -0.2) is 160 Å². The van der Waals surface area contributed by atoms with Crippen LogP contribution in [0.4, 0.5) is 42.9 Å². The molecule has 0 aliphatic rings. The van der Waals surface area contributed by atoms with E-state index in [1.165, 1.54) is 24.3 Å². The first-order valence-corrected chi connectivity index (χ1v) is 37.2. The second kappa shape index (κ2) is 37.6. The van der Waals surface area contributed by atoms with Crippen LogP contribution in [0.1, 0.15) is 82.8 Å². The maximum Gasteiger partial charge on any atom is 0.501 e. The van der Waals surface area contributed by atoms with Gasteiger partial charge in [0, 0.05) is 67.0 Å². The summed E-state index contributed by atoms with van der Waals surface area (Å²) in [5, 5.41) is 13.9. The number of amides is 4. The van der Waals surface area contributed by atoms with E-state index in [0.29, 0.717) is 110 Å². The molecule has 38 heteroatoms. The lowest BCUT2D eigenvalue weighted by Crippen LogP contribution is -2.23. The van der Waals surface area contributed by atoms with Crippen LogP contribution in [0.25, 0.3) is 46.1 Å². The number of pyridine rings is 4. The molecule has 0 aliphatic heterocycles. The Labute approximate surface area is 649 Å². The maximum absolute atomic E-state index is 12.6. The number of carbonyl (C=O) groups excluding carboxylic acids is 4. The molecule has 4 aromatic carbocycles. The van der Waals surface area contributed by atoms with Crippen molar-refractivity contribution in [1.29, 1.82) is 0 Å². The summed E-state index contributed by atoms with van der Waals surface area (Å²) in [7, 11) is -4.87. The molecule has 13 rings (SSSR count). The zero-order valence-electron chi connectivity index (χ0n) is 60.8. The smallest absolute Gasteiger partial charge is 0.350 e. The van der Waals surface area contributed by atoms with Gasteiger partial charge in [-0.15, -0.1) is 0 Å². The van der Waals surface area contributed by atoms with E-state index in [2.05, 4.69) is 116 Å². The highest BCUT2D eigenvalue weighted by Gasteiger charge is 2.47. The number of aromatic nitrogens is 18. The largest absolute Gasteiger partial charge is 0.501 e. The first-order valence-electron chi connectivity index (χ1n) is 33.6. The molecule has 13 aromatic rings. The molecule has 0 saturated carbocycles. The van der Waals surface area contributed by atoms with Crippen molar-refractivity contribution in [2.75, 3.05) is 46.4 Å². The molecule has 0 unspecified atom stereocenters. The Kier molecular flexibility index (Phi) is 27.2. The van der Waals surface area contributed by atoms with Crippen molar-refractivity contribution >= 4 is 84.6 Å². The van der Waals surface area contributed by atoms with E-state index >= 15 is 0 Å². The van der Waals surface area contributed by atoms with Gasteiger partial charge in [0.2, 0.25) is 29.7 Å². The first-order chi connectivity index (χ1) is 54.1. The lowest BCUT2D eigenvalue weighted by atomic mass is 10.1. The van der Waals surface area contributed by atoms with Gasteiger partial charge in [0.15, 0.2) is 33.1 Å². The molecular weight excluding hydrogens is 1520 g/mol. The number of hydrogen-bond acceptors (Lipinski definition) is 28. The van der Waals surface area contributed by atoms with Gasteiger partial charge in [-0.05, 0) is 180 Å². The minimum atomic E-state index is -5.49. The van der Waals surface area contributed by atoms with Crippen LogP contribution in [0.5, 0.6) is 0 Å². The van der Waals surface area contributed by atoms with Crippen LogP contribution in [0.3, 0.4) is 0 Å². The Morgan fingerprint density at radius 1 is 0.398 bits per heavy atom. The van der Waals surface area contributed by atoms with Gasteiger partial charge in [0.1, 0.15) is 46.1 Å². The normalized spacial score (nSPS) is 11.1. The van der Waals surface area contributed by atoms with Crippen LogP contribution >= 0.6 is 11.6 Å². The predicted octanol–water partition coefficient (Wildman–Crippen LogP) is 11.2. The summed E-state index contributed by atoms with van der Waals surface area (Å²) in [6.45, 7) is 9.59. The first kappa shape index (κ1) is 81.7. The summed E-state index contributed by atoms with van der Waals surface area (Å²) in [6, 6.07) is 44.7. The van der Waals surface area contributed by atoms with Gasteiger partial charge in [-0.1, -0.05) is 61.0 Å². The number of sulfone groups is 2. The molecule has 9 heterocycles. The van der Waals surface area contributed by atoms with E-state index in [1.54, 1.807) is 145 Å². The van der Waals surface area contributed by atoms with Crippen LogP contribution in [0.2, 0.25) is 5.02 Å². The predicted molar refractivity (Wildman–Crippen MR) is 411 cm³/mol. The number of halogens is 4. The van der Waals surface area contributed by atoms with Gasteiger partial charge < -0.3 is 10.2 Å². The molecule has 0 bridgehead atoms. The molecule has 0 atom stereocenters. The molecule has 32 nitrogen and oxygen atoms in total. The Morgan fingerprint density at radius 2 is 0.735 bits per heavy atom. The van der Waals surface area contributed by atoms with Gasteiger partial charge in [-0.2, -0.15) is 53.0 Å². The second-order valence-electron chi connectivity index (χ2n) is 23.9. The summed E-state index contributed by atoms with van der Waals surface area (Å²) in [4.78, 5) is 127. The zero-order valence-corrected chi connectivity index (χ0v) is 63.2. The number of benzene rings is 4. The Hall–Kier alpha value is -13.8. The van der Waals surface area contributed by atoms with Gasteiger partial charge >= 0.3 is 5.51 Å². The van der Waals surface area contributed by atoms with Gasteiger partial charge in [-0.3, -0.25) is 60.4 Å². The number of aryl methyl sites for hydroxylation is 4. The Morgan fingerprint density at radius 3 is 1.06 bits per heavy atom. The molecule has 0 spiro atoms. The lowest BCUT2D eigenvalue weighted by Gasteiger charge is -2.12. The van der Waals surface area contributed by atoms with Crippen molar-refractivity contribution in [3.05, 3.63) is 269 Å². The number of rotatable bonds is 20. The topological polar surface area (TPSA) is 432 Å². The van der Waals surface area contributed by atoms with Crippen molar-refractivity contribution < 1.29 is 49.2 Å². The van der Waals surface area contributed by atoms with Crippen molar-refractivity contribution in [2.45, 2.75) is 63.0 Å². The van der Waals surface area contributed by atoms with E-state index in [9.17, 15) is 49.2 Å². The third kappa shape index (κ3) is 23.1. The fourth-order valence-corrected chi connectivity index (χ4v) is 11.7. The minimum Gasteiger partial charge on any atom is -0.350 e. The summed E-state index contributed by atoms with van der Waals surface area (Å²) in [6.07, 6.45) is 9.83. The number of nitrogens with one attached hydrogen (secondary N) is 5. The highest BCUT2D eigenvalue weighted by molar-refractivity contribution is 7.92. The van der Waals surface area contributed by atoms with Crippen molar-refractivity contribution in [2.24, 2.45) is 0 Å². The molecule has 113 heavy (non-hydrogen) atoms. The van der Waals surface area contributed by atoms with E-state index in [4.69, 9.17) is 11.6 Å². The highest BCUT2D eigenvalue weighted by Crippen LogP contribution is 2.31. The van der Waals surface area contributed by atoms with E-state index in [0.717, 1.165) is 29.8 Å². The minimum absolute atomic E-state index is 0.00102. The number of anilines is 5. The highest BCUT2D eigenvalue weighted by atomic mass is 35.5. The standard InChI is InChI=1S/C21H18N8O.C19H19ClN6O.C18H17N5O3S.C17H12F3N5O3S/c1-14-26-18(17-5-2-3-10-22-17)28-21(27-14)29-19(30)16-8-6-15(7-9-16)13-25-20-23-11-4-12-24-20;1-12-22-17(16-6-4-5-9-21-16)24-19(23-12)25-18(27)14-8-7-13(10-15(14)20)11-26(2)3;1-3-27(25,26)14-9-7-13(8-10-14)17(24)23-18-21-12(2)20-16(22-18)15-6-4-5-11-19-15;1-10-22-14(13-4-2-3-9-21-13)24-16(23-10)25-15(26)11-5-7-12(8-6-11)29(27,28)17(18,19)20/h2-12H,13H2,1H3,(H,23,24,25)(H,26,27,28,29,30);4-10H,11H2,1-3H3,(H,22,23,24,25,27);4-11H,3H2,1-2H3,(H,20,21,22,23,24);2-9H,1H3,(H,22,23,24,25,26). The molecule has 5 N–H and O–H groups in total. The number of alkyl halides is 3. The summed E-state index contributed by atoms with van der Waals surface area (Å²) in [5.74, 6) is 2.10. The van der Waals surface area contributed by atoms with Gasteiger partial charge in [0.05, 0.1) is 26.1 Å². The zero-order chi connectivity index (χ0) is 80.8. The fourth-order valence-electron chi connectivity index (χ4n) is 9.73. The Balaban J connectivity index is 0.000000160. The molecular formula is C75H66ClF3N24O8S2. The second-order valence-corrected chi connectivity index (χ2v) is 28.5. The van der Waals surface area contributed by atoms with E-state index < -0.39 is 41.9 Å². The van der Waals surface area contributed by atoms with Crippen LogP contribution < -0.4 is 26.6 Å². The summed E-state index contributed by atoms with van der Waals surface area (Å²) in [5.41, 5.74) is -0.122. The van der Waals surface area contributed by atoms with E-state index in [1.807, 2.05) is 67.5 Å². The SMILES string of the molecule is CCS(=O)(=O)c1ccc(C(=O)Nc2nc(C)nc(-c3ccccn3)n2)cc1.Cc1nc(NC(=O)c2ccc(CN(C)C)cc2Cl)nc(-c2ccccn2)n1.Cc1nc(NC(=O)c2ccc(CNc3ncccn3)cc2)nc(-c2ccccn2)n1.Cc1nc(NC(=O)c2ccc(S(=O)(=O)C(F)(F)F)cc2)nc(-c2ccccn2)n1. The van der Waals surface area contributed by atoms with Crippen molar-refractivity contribution in [3.8, 4) is 46.1 Å². The average molecular weight is 1590 g/mol. The van der Waals surface area contributed by atoms with Crippen LogP contribution in [-0.2, 0) is 32.8 Å². The molecule has 0 fully saturated rings. The molecule has 4 amide bonds. The molecule has 0 radical (unpaired) electrons. The average Bonchev–Trinajstić information content (AvgIpc) is 0.794. The molecule has 9 aromatic heterocycles. The third-order valence-corrected chi connectivity index (χ3v) is 18.6. The van der Waals surface area contributed by atoms with Gasteiger partial charge in [-0.25, -0.2) is 46.7 Å². The molecule has 0 saturated heterocycles. The number of carbonyl (C=O) groups is 4.